The summed E-state index contributed by atoms with van der Waals surface area (Å²) < 4.78 is 18.4. The van der Waals surface area contributed by atoms with E-state index in [1.807, 2.05) is 12.1 Å². The summed E-state index contributed by atoms with van der Waals surface area (Å²) in [5, 5.41) is 2.96. The summed E-state index contributed by atoms with van der Waals surface area (Å²) in [4.78, 5) is 31.5. The van der Waals surface area contributed by atoms with Gasteiger partial charge in [0.2, 0.25) is 0 Å². The van der Waals surface area contributed by atoms with E-state index in [2.05, 4.69) is 15.3 Å². The molecule has 7 heteroatoms. The molecule has 0 radical (unpaired) electrons. The Labute approximate surface area is 167 Å². The van der Waals surface area contributed by atoms with Crippen LogP contribution in [0.25, 0.3) is 0 Å². The van der Waals surface area contributed by atoms with Crippen molar-refractivity contribution >= 4 is 5.91 Å². The molecule has 0 aliphatic heterocycles. The van der Waals surface area contributed by atoms with Crippen molar-refractivity contribution in [2.24, 2.45) is 0 Å². The Hall–Kier alpha value is -3.32. The number of amides is 1. The van der Waals surface area contributed by atoms with Gasteiger partial charge in [-0.2, -0.15) is 0 Å². The Morgan fingerprint density at radius 1 is 1.17 bits per heavy atom. The van der Waals surface area contributed by atoms with Crippen molar-refractivity contribution in [1.29, 1.82) is 0 Å². The van der Waals surface area contributed by atoms with E-state index in [0.29, 0.717) is 30.1 Å². The molecule has 0 saturated carbocycles. The number of rotatable bonds is 7. The molecule has 0 aliphatic rings. The van der Waals surface area contributed by atoms with Crippen molar-refractivity contribution in [3.05, 3.63) is 99.0 Å². The molecule has 3 aromatic rings. The number of hydrogen-bond donors (Lipinski definition) is 2. The molecule has 1 heterocycles. The van der Waals surface area contributed by atoms with Crippen LogP contribution < -0.4 is 10.9 Å². The molecule has 2 aromatic carbocycles. The number of H-pyrrole nitrogens is 1. The maximum absolute atomic E-state index is 13.4. The molecule has 2 N–H and O–H groups in total. The highest BCUT2D eigenvalue weighted by Gasteiger charge is 2.18. The van der Waals surface area contributed by atoms with E-state index < -0.39 is 6.04 Å². The average Bonchev–Trinajstić information content (AvgIpc) is 2.68. The summed E-state index contributed by atoms with van der Waals surface area (Å²) in [5.41, 5.74) is 2.45. The third-order valence-electron chi connectivity index (χ3n) is 4.43. The summed E-state index contributed by atoms with van der Waals surface area (Å²) in [7, 11) is 1.61. The van der Waals surface area contributed by atoms with Gasteiger partial charge in [-0.25, -0.2) is 9.37 Å². The molecular formula is C22H22FN3O3. The zero-order valence-corrected chi connectivity index (χ0v) is 16.2. The Kier molecular flexibility index (Phi) is 6.51. The van der Waals surface area contributed by atoms with Gasteiger partial charge in [0.25, 0.3) is 11.5 Å². The molecule has 0 spiro atoms. The van der Waals surface area contributed by atoms with Gasteiger partial charge in [0.15, 0.2) is 0 Å². The topological polar surface area (TPSA) is 84.1 Å². The van der Waals surface area contributed by atoms with Crippen molar-refractivity contribution in [2.45, 2.75) is 26.0 Å². The fourth-order valence-electron chi connectivity index (χ4n) is 3.06. The standard InChI is InChI=1S/C22H22FN3O3/c1-14-24-19(12-21(27)25-14)11-20(16-7-9-18(23)10-8-16)26-22(28)17-5-3-15(4-6-17)13-29-2/h3-10,12,20H,11,13H2,1-2H3,(H,26,28)(H,24,25,27). The monoisotopic (exact) mass is 395 g/mol. The zero-order valence-electron chi connectivity index (χ0n) is 16.2. The van der Waals surface area contributed by atoms with Crippen LogP contribution in [-0.4, -0.2) is 23.0 Å². The third-order valence-corrected chi connectivity index (χ3v) is 4.43. The smallest absolute Gasteiger partial charge is 0.251 e. The predicted molar refractivity (Wildman–Crippen MR) is 107 cm³/mol. The first-order valence-corrected chi connectivity index (χ1v) is 9.15. The van der Waals surface area contributed by atoms with Crippen molar-refractivity contribution < 1.29 is 13.9 Å². The minimum atomic E-state index is -0.476. The Bertz CT molecular complexity index is 1030. The maximum Gasteiger partial charge on any atom is 0.251 e. The summed E-state index contributed by atoms with van der Waals surface area (Å²) >= 11 is 0. The summed E-state index contributed by atoms with van der Waals surface area (Å²) in [6, 6.07) is 13.9. The van der Waals surface area contributed by atoms with E-state index in [9.17, 15) is 14.0 Å². The number of nitrogens with one attached hydrogen (secondary N) is 2. The van der Waals surface area contributed by atoms with E-state index >= 15 is 0 Å². The van der Waals surface area contributed by atoms with Gasteiger partial charge in [0.05, 0.1) is 18.3 Å². The first-order chi connectivity index (χ1) is 13.9. The van der Waals surface area contributed by atoms with E-state index in [0.717, 1.165) is 11.1 Å². The number of hydrogen-bond acceptors (Lipinski definition) is 4. The lowest BCUT2D eigenvalue weighted by Crippen LogP contribution is -2.30. The lowest BCUT2D eigenvalue weighted by atomic mass is 10.0. The molecule has 3 rings (SSSR count). The summed E-state index contributed by atoms with van der Waals surface area (Å²) in [5.74, 6) is -0.145. The lowest BCUT2D eigenvalue weighted by molar-refractivity contribution is 0.0936. The van der Waals surface area contributed by atoms with Gasteiger partial charge in [-0.15, -0.1) is 0 Å². The number of aryl methyl sites for hydroxylation is 1. The zero-order chi connectivity index (χ0) is 20.8. The molecule has 1 unspecified atom stereocenters. The van der Waals surface area contributed by atoms with Crippen molar-refractivity contribution in [1.82, 2.24) is 15.3 Å². The minimum Gasteiger partial charge on any atom is -0.380 e. The van der Waals surface area contributed by atoms with E-state index in [1.165, 1.54) is 18.2 Å². The van der Waals surface area contributed by atoms with Crippen LogP contribution in [0.15, 0.2) is 59.4 Å². The minimum absolute atomic E-state index is 0.259. The van der Waals surface area contributed by atoms with Gasteiger partial charge in [-0.3, -0.25) is 9.59 Å². The van der Waals surface area contributed by atoms with Crippen LogP contribution in [0.1, 0.15) is 39.0 Å². The highest BCUT2D eigenvalue weighted by atomic mass is 19.1. The summed E-state index contributed by atoms with van der Waals surface area (Å²) in [6.07, 6.45) is 0.296. The van der Waals surface area contributed by atoms with Crippen LogP contribution in [0.4, 0.5) is 4.39 Å². The molecule has 1 amide bonds. The van der Waals surface area contributed by atoms with Gasteiger partial charge in [0, 0.05) is 25.2 Å². The average molecular weight is 395 g/mol. The number of carbonyl (C=O) groups is 1. The van der Waals surface area contributed by atoms with Crippen LogP contribution in [0.3, 0.4) is 0 Å². The van der Waals surface area contributed by atoms with Crippen molar-refractivity contribution in [3.63, 3.8) is 0 Å². The Morgan fingerprint density at radius 2 is 1.86 bits per heavy atom. The Morgan fingerprint density at radius 3 is 2.48 bits per heavy atom. The molecular weight excluding hydrogens is 373 g/mol. The second kappa shape index (κ2) is 9.25. The first-order valence-electron chi connectivity index (χ1n) is 9.15. The SMILES string of the molecule is COCc1ccc(C(=O)NC(Cc2cc(=O)[nH]c(C)n2)c2ccc(F)cc2)cc1. The number of ether oxygens (including phenoxy) is 1. The highest BCUT2D eigenvalue weighted by Crippen LogP contribution is 2.19. The van der Waals surface area contributed by atoms with Crippen LogP contribution >= 0.6 is 0 Å². The van der Waals surface area contributed by atoms with E-state index in [4.69, 9.17) is 4.74 Å². The first kappa shape index (κ1) is 20.4. The molecule has 0 fully saturated rings. The number of aromatic amines is 1. The van der Waals surface area contributed by atoms with Crippen LogP contribution in [0, 0.1) is 12.7 Å². The number of methoxy groups -OCH3 is 1. The highest BCUT2D eigenvalue weighted by molar-refractivity contribution is 5.94. The van der Waals surface area contributed by atoms with E-state index in [-0.39, 0.29) is 17.3 Å². The lowest BCUT2D eigenvalue weighted by Gasteiger charge is -2.19. The molecule has 0 saturated heterocycles. The van der Waals surface area contributed by atoms with E-state index in [1.54, 1.807) is 38.3 Å². The fourth-order valence-corrected chi connectivity index (χ4v) is 3.06. The molecule has 0 aliphatic carbocycles. The second-order valence-electron chi connectivity index (χ2n) is 6.73. The number of halogens is 1. The third kappa shape index (κ3) is 5.58. The normalized spacial score (nSPS) is 11.8. The number of benzene rings is 2. The quantitative estimate of drug-likeness (QED) is 0.644. The molecule has 6 nitrogen and oxygen atoms in total. The number of aromatic nitrogens is 2. The number of nitrogens with zero attached hydrogens (tertiary/aromatic N) is 1. The molecule has 1 aromatic heterocycles. The van der Waals surface area contributed by atoms with Crippen LogP contribution in [0.5, 0.6) is 0 Å². The molecule has 1 atom stereocenters. The van der Waals surface area contributed by atoms with Gasteiger partial charge in [-0.1, -0.05) is 24.3 Å². The molecule has 150 valence electrons. The fraction of sp³-hybridized carbons (Fsp3) is 0.227. The largest absolute Gasteiger partial charge is 0.380 e. The van der Waals surface area contributed by atoms with Crippen molar-refractivity contribution in [3.8, 4) is 0 Å². The molecule has 0 bridgehead atoms. The summed E-state index contributed by atoms with van der Waals surface area (Å²) in [6.45, 7) is 2.16. The van der Waals surface area contributed by atoms with Gasteiger partial charge in [-0.05, 0) is 42.3 Å². The predicted octanol–water partition coefficient (Wildman–Crippen LogP) is 3.08. The van der Waals surface area contributed by atoms with Crippen LogP contribution in [-0.2, 0) is 17.8 Å². The van der Waals surface area contributed by atoms with Gasteiger partial charge >= 0.3 is 0 Å². The van der Waals surface area contributed by atoms with Gasteiger partial charge in [0.1, 0.15) is 11.6 Å². The van der Waals surface area contributed by atoms with Gasteiger partial charge < -0.3 is 15.0 Å². The van der Waals surface area contributed by atoms with Crippen LogP contribution in [0.2, 0.25) is 0 Å². The Balaban J connectivity index is 1.85. The molecule has 29 heavy (non-hydrogen) atoms. The second-order valence-corrected chi connectivity index (χ2v) is 6.73. The van der Waals surface area contributed by atoms with Crippen molar-refractivity contribution in [2.75, 3.05) is 7.11 Å². The maximum atomic E-state index is 13.4. The number of carbonyl (C=O) groups excluding carboxylic acids is 1.